The highest BCUT2D eigenvalue weighted by molar-refractivity contribution is 7.08. The molecule has 1 aliphatic rings. The summed E-state index contributed by atoms with van der Waals surface area (Å²) in [5.74, 6) is -1.10. The number of rotatable bonds is 2. The average molecular weight is 351 g/mol. The summed E-state index contributed by atoms with van der Waals surface area (Å²) in [7, 11) is 0. The van der Waals surface area contributed by atoms with Crippen LogP contribution in [0.4, 0.5) is 5.69 Å². The molecule has 0 radical (unpaired) electrons. The minimum atomic E-state index is -0.612. The molecular weight excluding hydrogens is 334 g/mol. The maximum atomic E-state index is 12.6. The molecule has 1 aliphatic heterocycles. The lowest BCUT2D eigenvalue weighted by molar-refractivity contribution is -0.143. The number of hydrogen-bond acceptors (Lipinski definition) is 4. The molecule has 2 aromatic heterocycles. The van der Waals surface area contributed by atoms with Crippen LogP contribution >= 0.6 is 11.3 Å². The number of hydrogen-bond donors (Lipinski definition) is 1. The minimum absolute atomic E-state index is 0.000714. The smallest absolute Gasteiger partial charge is 0.313 e. The zero-order valence-corrected chi connectivity index (χ0v) is 14.3. The second-order valence-corrected chi connectivity index (χ2v) is 6.86. The van der Waals surface area contributed by atoms with Gasteiger partial charge in [-0.15, -0.1) is 0 Å². The molecule has 0 spiro atoms. The first-order valence-electron chi connectivity index (χ1n) is 8.21. The third-order valence-corrected chi connectivity index (χ3v) is 5.19. The van der Waals surface area contributed by atoms with Crippen LogP contribution in [-0.4, -0.2) is 28.2 Å². The van der Waals surface area contributed by atoms with Gasteiger partial charge in [0.05, 0.1) is 23.4 Å². The summed E-state index contributed by atoms with van der Waals surface area (Å²) < 4.78 is 0. The first-order valence-corrected chi connectivity index (χ1v) is 9.15. The van der Waals surface area contributed by atoms with E-state index in [9.17, 15) is 9.59 Å². The molecule has 25 heavy (non-hydrogen) atoms. The van der Waals surface area contributed by atoms with E-state index in [0.29, 0.717) is 12.2 Å². The fourth-order valence-electron chi connectivity index (χ4n) is 3.28. The Morgan fingerprint density at radius 2 is 2.12 bits per heavy atom. The normalized spacial score (nSPS) is 17.0. The standard InChI is InChI=1S/C19H17N3O2S/c23-18(21-15-10-13-4-1-2-5-16(13)20-11-15)19(24)22-8-3-6-17(22)14-7-9-25-12-14/h1-2,4-5,7,9-12,17H,3,6,8H2,(H,21,23)/t17-/m1/s1. The molecule has 1 N–H and O–H groups in total. The molecule has 2 amide bonds. The Morgan fingerprint density at radius 1 is 1.24 bits per heavy atom. The highest BCUT2D eigenvalue weighted by Gasteiger charge is 2.33. The summed E-state index contributed by atoms with van der Waals surface area (Å²) in [6, 6.07) is 11.5. The second-order valence-electron chi connectivity index (χ2n) is 6.08. The molecule has 3 aromatic rings. The van der Waals surface area contributed by atoms with Gasteiger partial charge in [0.25, 0.3) is 0 Å². The summed E-state index contributed by atoms with van der Waals surface area (Å²) in [5, 5.41) is 7.65. The van der Waals surface area contributed by atoms with Crippen molar-refractivity contribution >= 4 is 39.7 Å². The topological polar surface area (TPSA) is 62.3 Å². The SMILES string of the molecule is O=C(Nc1cnc2ccccc2c1)C(=O)N1CCC[C@@H]1c1ccsc1. The molecular formula is C19H17N3O2S. The van der Waals surface area contributed by atoms with E-state index in [-0.39, 0.29) is 6.04 Å². The van der Waals surface area contributed by atoms with Crippen molar-refractivity contribution in [2.75, 3.05) is 11.9 Å². The van der Waals surface area contributed by atoms with E-state index in [4.69, 9.17) is 0 Å². The maximum absolute atomic E-state index is 12.6. The fraction of sp³-hybridized carbons (Fsp3) is 0.211. The van der Waals surface area contributed by atoms with Gasteiger partial charge in [-0.2, -0.15) is 11.3 Å². The van der Waals surface area contributed by atoms with E-state index in [2.05, 4.69) is 10.3 Å². The molecule has 0 saturated carbocycles. The van der Waals surface area contributed by atoms with Crippen LogP contribution in [0.2, 0.25) is 0 Å². The van der Waals surface area contributed by atoms with Crippen LogP contribution in [0.5, 0.6) is 0 Å². The van der Waals surface area contributed by atoms with Crippen LogP contribution in [0.25, 0.3) is 10.9 Å². The minimum Gasteiger partial charge on any atom is -0.327 e. The number of amides is 2. The van der Waals surface area contributed by atoms with E-state index in [1.165, 1.54) is 0 Å². The van der Waals surface area contributed by atoms with Crippen LogP contribution in [0, 0.1) is 0 Å². The Kier molecular flexibility index (Phi) is 4.19. The fourth-order valence-corrected chi connectivity index (χ4v) is 3.98. The number of carbonyl (C=O) groups excluding carboxylic acids is 2. The number of aromatic nitrogens is 1. The van der Waals surface area contributed by atoms with Gasteiger partial charge in [-0.3, -0.25) is 14.6 Å². The van der Waals surface area contributed by atoms with Crippen LogP contribution < -0.4 is 5.32 Å². The number of likely N-dealkylation sites (tertiary alicyclic amines) is 1. The average Bonchev–Trinajstić information content (AvgIpc) is 3.32. The molecule has 0 aliphatic carbocycles. The Labute approximate surface area is 149 Å². The van der Waals surface area contributed by atoms with Crippen molar-refractivity contribution in [2.45, 2.75) is 18.9 Å². The van der Waals surface area contributed by atoms with Crippen molar-refractivity contribution in [2.24, 2.45) is 0 Å². The molecule has 4 rings (SSSR count). The molecule has 1 fully saturated rings. The Bertz CT molecular complexity index is 923. The third kappa shape index (κ3) is 3.13. The zero-order valence-electron chi connectivity index (χ0n) is 13.5. The zero-order chi connectivity index (χ0) is 17.2. The van der Waals surface area contributed by atoms with Crippen molar-refractivity contribution < 1.29 is 9.59 Å². The van der Waals surface area contributed by atoms with Crippen LogP contribution in [0.3, 0.4) is 0 Å². The van der Waals surface area contributed by atoms with E-state index in [0.717, 1.165) is 29.3 Å². The predicted octanol–water partition coefficient (Wildman–Crippen LogP) is 3.60. The maximum Gasteiger partial charge on any atom is 0.313 e. The van der Waals surface area contributed by atoms with Gasteiger partial charge in [0, 0.05) is 11.9 Å². The second kappa shape index (κ2) is 6.64. The summed E-state index contributed by atoms with van der Waals surface area (Å²) in [6.45, 7) is 0.614. The first kappa shape index (κ1) is 15.8. The number of thiophene rings is 1. The number of anilines is 1. The van der Waals surface area contributed by atoms with Gasteiger partial charge in [0.2, 0.25) is 0 Å². The summed E-state index contributed by atoms with van der Waals surface area (Å²) in [5.41, 5.74) is 2.49. The van der Waals surface area contributed by atoms with E-state index >= 15 is 0 Å². The lowest BCUT2D eigenvalue weighted by atomic mass is 10.1. The summed E-state index contributed by atoms with van der Waals surface area (Å²) in [6.07, 6.45) is 3.39. The third-order valence-electron chi connectivity index (χ3n) is 4.48. The van der Waals surface area contributed by atoms with Crippen molar-refractivity contribution in [1.82, 2.24) is 9.88 Å². The van der Waals surface area contributed by atoms with Gasteiger partial charge in [-0.1, -0.05) is 18.2 Å². The monoisotopic (exact) mass is 351 g/mol. The number of benzene rings is 1. The van der Waals surface area contributed by atoms with Gasteiger partial charge in [0.1, 0.15) is 0 Å². The Hall–Kier alpha value is -2.73. The highest BCUT2D eigenvalue weighted by Crippen LogP contribution is 2.33. The van der Waals surface area contributed by atoms with E-state index in [1.54, 1.807) is 22.4 Å². The Morgan fingerprint density at radius 3 is 2.96 bits per heavy atom. The summed E-state index contributed by atoms with van der Waals surface area (Å²) in [4.78, 5) is 31.0. The van der Waals surface area contributed by atoms with Crippen LogP contribution in [0.15, 0.2) is 53.4 Å². The largest absolute Gasteiger partial charge is 0.327 e. The van der Waals surface area contributed by atoms with Gasteiger partial charge < -0.3 is 10.2 Å². The van der Waals surface area contributed by atoms with Gasteiger partial charge in [-0.05, 0) is 47.4 Å². The number of pyridine rings is 1. The van der Waals surface area contributed by atoms with Crippen molar-refractivity contribution in [3.05, 3.63) is 58.9 Å². The molecule has 6 heteroatoms. The first-order chi connectivity index (χ1) is 12.2. The number of carbonyl (C=O) groups is 2. The molecule has 1 aromatic carbocycles. The quantitative estimate of drug-likeness (QED) is 0.718. The van der Waals surface area contributed by atoms with Gasteiger partial charge >= 0.3 is 11.8 Å². The van der Waals surface area contributed by atoms with Crippen LogP contribution in [-0.2, 0) is 9.59 Å². The van der Waals surface area contributed by atoms with E-state index in [1.807, 2.05) is 47.2 Å². The van der Waals surface area contributed by atoms with Crippen molar-refractivity contribution in [3.63, 3.8) is 0 Å². The highest BCUT2D eigenvalue weighted by atomic mass is 32.1. The number of nitrogens with zero attached hydrogens (tertiary/aromatic N) is 2. The lowest BCUT2D eigenvalue weighted by Crippen LogP contribution is -2.39. The number of nitrogens with one attached hydrogen (secondary N) is 1. The molecule has 1 saturated heterocycles. The van der Waals surface area contributed by atoms with Crippen molar-refractivity contribution in [1.29, 1.82) is 0 Å². The van der Waals surface area contributed by atoms with Gasteiger partial charge in [0.15, 0.2) is 0 Å². The Balaban J connectivity index is 1.50. The predicted molar refractivity (Wildman–Crippen MR) is 98.4 cm³/mol. The summed E-state index contributed by atoms with van der Waals surface area (Å²) >= 11 is 1.61. The number of para-hydroxylation sites is 1. The number of fused-ring (bicyclic) bond motifs is 1. The molecule has 0 unspecified atom stereocenters. The van der Waals surface area contributed by atoms with Crippen molar-refractivity contribution in [3.8, 4) is 0 Å². The molecule has 5 nitrogen and oxygen atoms in total. The van der Waals surface area contributed by atoms with Crippen LogP contribution in [0.1, 0.15) is 24.4 Å². The van der Waals surface area contributed by atoms with E-state index < -0.39 is 11.8 Å². The molecule has 0 bridgehead atoms. The molecule has 126 valence electrons. The van der Waals surface area contributed by atoms with Gasteiger partial charge in [-0.25, -0.2) is 0 Å². The molecule has 1 atom stereocenters. The lowest BCUT2D eigenvalue weighted by Gasteiger charge is -2.23. The molecule has 3 heterocycles.